The molecule has 4 aromatic rings. The number of methoxy groups -OCH3 is 2. The topological polar surface area (TPSA) is 160 Å². The van der Waals surface area contributed by atoms with Crippen LogP contribution in [0.1, 0.15) is 85.7 Å². The molecule has 0 saturated heterocycles. The SMILES string of the molecule is C=CC=O.C=CC=O.CCCC1CCC(c2ccc(OC(=O)c3ccc(OCC(COCCCCOC)OC)cc3)c(C=N)c2)CC1.Nc1nc2ccccc2s1. The Morgan fingerprint density at radius 1 is 0.947 bits per heavy atom. The molecular weight excluding hydrogens is 743 g/mol. The predicted molar refractivity (Wildman–Crippen MR) is 230 cm³/mol. The van der Waals surface area contributed by atoms with Crippen LogP contribution in [-0.4, -0.2) is 76.5 Å². The monoisotopic (exact) mass is 801 g/mol. The van der Waals surface area contributed by atoms with E-state index in [0.29, 0.717) is 66.1 Å². The Labute approximate surface area is 341 Å². The van der Waals surface area contributed by atoms with E-state index in [2.05, 4.69) is 25.1 Å². The number of carbonyl (C=O) groups is 3. The number of benzene rings is 3. The normalized spacial score (nSPS) is 14.8. The molecule has 1 saturated carbocycles. The summed E-state index contributed by atoms with van der Waals surface area (Å²) in [4.78, 5) is 35.0. The summed E-state index contributed by atoms with van der Waals surface area (Å²) in [5, 5.41) is 8.52. The summed E-state index contributed by atoms with van der Waals surface area (Å²) in [7, 11) is 3.33. The Bertz CT molecular complexity index is 1710. The zero-order chi connectivity index (χ0) is 41.7. The standard InChI is InChI=1S/C32H45NO6.C7H6N2S.2C3H4O/c1-4-7-24-8-10-25(11-9-24)27-14-17-31(28(20-27)21-33)39-32(34)26-12-15-29(16-13-26)38-23-30(36-3)22-37-19-6-5-18-35-2;8-7-9-5-3-1-2-4-6(5)10-7;2*1-2-3-4/h12-17,20-21,24-25,30,33H,4-11,18-19,22-23H2,1-3H3;1-4H,(H2,8,9);2*2-3H,1H2. The lowest BCUT2D eigenvalue weighted by atomic mass is 9.77. The molecule has 1 fully saturated rings. The van der Waals surface area contributed by atoms with Crippen LogP contribution in [0.15, 0.2) is 92.0 Å². The molecule has 1 heterocycles. The van der Waals surface area contributed by atoms with Crippen LogP contribution >= 0.6 is 11.3 Å². The minimum atomic E-state index is -0.464. The van der Waals surface area contributed by atoms with Crippen molar-refractivity contribution in [3.8, 4) is 11.5 Å². The number of nitrogens with zero attached hydrogens (tertiary/aromatic N) is 1. The average Bonchev–Trinajstić information content (AvgIpc) is 3.64. The van der Waals surface area contributed by atoms with E-state index in [0.717, 1.165) is 35.6 Å². The zero-order valence-electron chi connectivity index (χ0n) is 33.6. The quantitative estimate of drug-likeness (QED) is 0.0234. The van der Waals surface area contributed by atoms with E-state index < -0.39 is 5.97 Å². The Morgan fingerprint density at radius 2 is 1.61 bits per heavy atom. The van der Waals surface area contributed by atoms with Gasteiger partial charge in [0.15, 0.2) is 5.13 Å². The van der Waals surface area contributed by atoms with E-state index in [1.165, 1.54) is 73.8 Å². The molecule has 1 aromatic heterocycles. The highest BCUT2D eigenvalue weighted by Gasteiger charge is 2.23. The number of anilines is 1. The number of hydrogen-bond donors (Lipinski definition) is 2. The summed E-state index contributed by atoms with van der Waals surface area (Å²) in [6.07, 6.45) is 14.1. The van der Waals surface area contributed by atoms with Crippen molar-refractivity contribution in [1.29, 1.82) is 5.41 Å². The molecule has 1 aliphatic rings. The molecule has 0 bridgehead atoms. The Morgan fingerprint density at radius 3 is 2.21 bits per heavy atom. The molecule has 5 rings (SSSR count). The number of carbonyl (C=O) groups excluding carboxylic acids is 3. The Hall–Kier alpha value is -5.01. The first-order chi connectivity index (χ1) is 27.8. The number of thiazole rings is 1. The number of nitrogens with two attached hydrogens (primary N) is 1. The molecule has 1 aliphatic carbocycles. The number of nitrogens with one attached hydrogen (secondary N) is 1. The summed E-state index contributed by atoms with van der Waals surface area (Å²) in [6, 6.07) is 20.6. The maximum absolute atomic E-state index is 12.8. The first-order valence-corrected chi connectivity index (χ1v) is 20.0. The van der Waals surface area contributed by atoms with E-state index >= 15 is 0 Å². The molecular formula is C45H59N3O8S. The van der Waals surface area contributed by atoms with Gasteiger partial charge in [-0.1, -0.05) is 62.5 Å². The van der Waals surface area contributed by atoms with Crippen molar-refractivity contribution in [3.63, 3.8) is 0 Å². The highest BCUT2D eigenvalue weighted by molar-refractivity contribution is 7.22. The molecule has 3 N–H and O–H groups in total. The molecule has 0 spiro atoms. The van der Waals surface area contributed by atoms with Crippen molar-refractivity contribution in [1.82, 2.24) is 4.98 Å². The molecule has 0 aliphatic heterocycles. The number of aldehydes is 2. The maximum atomic E-state index is 12.8. The molecule has 0 amide bonds. The van der Waals surface area contributed by atoms with Gasteiger partial charge in [0.25, 0.3) is 0 Å². The number of aromatic nitrogens is 1. The van der Waals surface area contributed by atoms with Crippen LogP contribution in [0.3, 0.4) is 0 Å². The lowest BCUT2D eigenvalue weighted by Crippen LogP contribution is -2.26. The second kappa shape index (κ2) is 29.3. The van der Waals surface area contributed by atoms with Gasteiger partial charge in [-0.25, -0.2) is 9.78 Å². The van der Waals surface area contributed by atoms with Gasteiger partial charge >= 0.3 is 5.97 Å². The fourth-order valence-corrected chi connectivity index (χ4v) is 6.73. The zero-order valence-corrected chi connectivity index (χ0v) is 34.4. The lowest BCUT2D eigenvalue weighted by molar-refractivity contribution is -0.104. The molecule has 12 heteroatoms. The van der Waals surface area contributed by atoms with Crippen LogP contribution in [0.4, 0.5) is 5.13 Å². The van der Waals surface area contributed by atoms with Gasteiger partial charge in [0.1, 0.15) is 36.8 Å². The number of fused-ring (bicyclic) bond motifs is 1. The lowest BCUT2D eigenvalue weighted by Gasteiger charge is -2.29. The third-order valence-electron chi connectivity index (χ3n) is 8.96. The van der Waals surface area contributed by atoms with E-state index in [9.17, 15) is 4.79 Å². The van der Waals surface area contributed by atoms with Gasteiger partial charge < -0.3 is 34.8 Å². The van der Waals surface area contributed by atoms with Crippen LogP contribution in [0.25, 0.3) is 10.2 Å². The van der Waals surface area contributed by atoms with Crippen molar-refractivity contribution in [2.45, 2.75) is 70.3 Å². The first kappa shape index (κ1) is 48.1. The Balaban J connectivity index is 0.000000508. The minimum absolute atomic E-state index is 0.189. The number of para-hydroxylation sites is 1. The molecule has 11 nitrogen and oxygen atoms in total. The highest BCUT2D eigenvalue weighted by atomic mass is 32.1. The summed E-state index contributed by atoms with van der Waals surface area (Å²) < 4.78 is 28.8. The largest absolute Gasteiger partial charge is 0.491 e. The van der Waals surface area contributed by atoms with Crippen molar-refractivity contribution < 1.29 is 38.1 Å². The van der Waals surface area contributed by atoms with Crippen LogP contribution in [-0.2, 0) is 23.8 Å². The van der Waals surface area contributed by atoms with Crippen molar-refractivity contribution in [3.05, 3.63) is 109 Å². The molecule has 57 heavy (non-hydrogen) atoms. The van der Waals surface area contributed by atoms with Gasteiger partial charge in [-0.05, 0) is 117 Å². The fraction of sp³-hybridized carbons (Fsp3) is 0.400. The fourth-order valence-electron chi connectivity index (χ4n) is 5.99. The number of rotatable bonds is 19. The predicted octanol–water partition coefficient (Wildman–Crippen LogP) is 9.44. The van der Waals surface area contributed by atoms with Crippen molar-refractivity contribution in [2.75, 3.05) is 46.4 Å². The molecule has 0 radical (unpaired) electrons. The number of hydrogen-bond acceptors (Lipinski definition) is 12. The maximum Gasteiger partial charge on any atom is 0.343 e. The van der Waals surface area contributed by atoms with Gasteiger partial charge in [0.2, 0.25) is 0 Å². The van der Waals surface area contributed by atoms with E-state index in [-0.39, 0.29) is 6.10 Å². The molecule has 3 aromatic carbocycles. The van der Waals surface area contributed by atoms with Gasteiger partial charge in [0, 0.05) is 39.2 Å². The third-order valence-corrected chi connectivity index (χ3v) is 9.83. The second-order valence-electron chi connectivity index (χ2n) is 13.1. The third kappa shape index (κ3) is 18.7. The molecule has 1 atom stereocenters. The van der Waals surface area contributed by atoms with Crippen LogP contribution in [0.2, 0.25) is 0 Å². The number of ether oxygens (including phenoxy) is 5. The number of allylic oxidation sites excluding steroid dienone is 2. The average molecular weight is 802 g/mol. The number of nitrogen functional groups attached to an aromatic ring is 1. The van der Waals surface area contributed by atoms with Crippen LogP contribution in [0, 0.1) is 11.3 Å². The van der Waals surface area contributed by atoms with E-state index in [4.69, 9.17) is 44.4 Å². The van der Waals surface area contributed by atoms with Crippen LogP contribution < -0.4 is 15.2 Å². The smallest absolute Gasteiger partial charge is 0.343 e. The summed E-state index contributed by atoms with van der Waals surface area (Å²) >= 11 is 1.52. The summed E-state index contributed by atoms with van der Waals surface area (Å²) in [5.74, 6) is 1.94. The summed E-state index contributed by atoms with van der Waals surface area (Å²) in [6.45, 7) is 10.7. The first-order valence-electron chi connectivity index (χ1n) is 19.2. The van der Waals surface area contributed by atoms with Gasteiger partial charge in [-0.3, -0.25) is 9.59 Å². The van der Waals surface area contributed by atoms with Crippen molar-refractivity contribution >= 4 is 51.4 Å². The van der Waals surface area contributed by atoms with E-state index in [1.807, 2.05) is 42.5 Å². The molecule has 308 valence electrons. The molecule has 1 unspecified atom stereocenters. The van der Waals surface area contributed by atoms with E-state index in [1.54, 1.807) is 38.5 Å². The van der Waals surface area contributed by atoms with Gasteiger partial charge in [-0.2, -0.15) is 0 Å². The van der Waals surface area contributed by atoms with Gasteiger partial charge in [-0.15, -0.1) is 0 Å². The highest BCUT2D eigenvalue weighted by Crippen LogP contribution is 2.38. The van der Waals surface area contributed by atoms with Crippen molar-refractivity contribution in [2.24, 2.45) is 5.92 Å². The summed E-state index contributed by atoms with van der Waals surface area (Å²) in [5.41, 5.74) is 8.76. The Kier molecular flexibility index (Phi) is 24.7. The van der Waals surface area contributed by atoms with Gasteiger partial charge in [0.05, 0.1) is 22.4 Å². The number of esters is 1. The minimum Gasteiger partial charge on any atom is -0.491 e. The second-order valence-corrected chi connectivity index (χ2v) is 14.1. The number of unbranched alkanes of at least 4 members (excludes halogenated alkanes) is 1. The van der Waals surface area contributed by atoms with Crippen LogP contribution in [0.5, 0.6) is 11.5 Å².